The van der Waals surface area contributed by atoms with E-state index in [1.807, 2.05) is 6.92 Å². The fourth-order valence-electron chi connectivity index (χ4n) is 2.79. The van der Waals surface area contributed by atoms with Gasteiger partial charge in [-0.05, 0) is 39.3 Å². The van der Waals surface area contributed by atoms with Crippen LogP contribution in [-0.2, 0) is 14.3 Å². The maximum atomic E-state index is 10.5. The van der Waals surface area contributed by atoms with Crippen molar-refractivity contribution in [2.24, 2.45) is 0 Å². The molecule has 0 aromatic rings. The monoisotopic (exact) mass is 271 g/mol. The highest BCUT2D eigenvalue weighted by atomic mass is 16.7. The molecular weight excluding hydrogens is 246 g/mol. The standard InChI is InChI=1S/C14H25NO4/c1-14(7-10-15-8-3-2-4-9-15)18-11-12(19-14)5-6-13(16)17/h12H,2-11H2,1H3,(H,16,17). The summed E-state index contributed by atoms with van der Waals surface area (Å²) in [6.07, 6.45) is 5.40. The van der Waals surface area contributed by atoms with Gasteiger partial charge in [0.15, 0.2) is 5.79 Å². The van der Waals surface area contributed by atoms with E-state index in [-0.39, 0.29) is 12.5 Å². The maximum absolute atomic E-state index is 10.5. The van der Waals surface area contributed by atoms with Crippen LogP contribution in [0.15, 0.2) is 0 Å². The summed E-state index contributed by atoms with van der Waals surface area (Å²) in [7, 11) is 0. The molecule has 19 heavy (non-hydrogen) atoms. The first-order valence-electron chi connectivity index (χ1n) is 7.33. The third-order valence-corrected chi connectivity index (χ3v) is 4.00. The van der Waals surface area contributed by atoms with E-state index in [1.165, 1.54) is 32.4 Å². The van der Waals surface area contributed by atoms with E-state index >= 15 is 0 Å². The van der Waals surface area contributed by atoms with Crippen LogP contribution in [0.5, 0.6) is 0 Å². The molecular formula is C14H25NO4. The van der Waals surface area contributed by atoms with E-state index < -0.39 is 11.8 Å². The van der Waals surface area contributed by atoms with Crippen molar-refractivity contribution in [1.82, 2.24) is 4.90 Å². The van der Waals surface area contributed by atoms with Gasteiger partial charge in [0.1, 0.15) is 0 Å². The highest BCUT2D eigenvalue weighted by molar-refractivity contribution is 5.66. The van der Waals surface area contributed by atoms with E-state index in [2.05, 4.69) is 4.90 Å². The van der Waals surface area contributed by atoms with Crippen molar-refractivity contribution in [3.8, 4) is 0 Å². The summed E-state index contributed by atoms with van der Waals surface area (Å²) < 4.78 is 11.6. The van der Waals surface area contributed by atoms with Crippen LogP contribution in [0, 0.1) is 0 Å². The molecule has 0 aromatic carbocycles. The van der Waals surface area contributed by atoms with Crippen molar-refractivity contribution in [3.05, 3.63) is 0 Å². The zero-order valence-corrected chi connectivity index (χ0v) is 11.8. The Morgan fingerprint density at radius 1 is 1.37 bits per heavy atom. The van der Waals surface area contributed by atoms with Crippen LogP contribution >= 0.6 is 0 Å². The van der Waals surface area contributed by atoms with E-state index in [9.17, 15) is 4.79 Å². The number of piperidine rings is 1. The van der Waals surface area contributed by atoms with Gasteiger partial charge >= 0.3 is 5.97 Å². The van der Waals surface area contributed by atoms with Crippen molar-refractivity contribution < 1.29 is 19.4 Å². The first-order chi connectivity index (χ1) is 9.07. The summed E-state index contributed by atoms with van der Waals surface area (Å²) >= 11 is 0. The summed E-state index contributed by atoms with van der Waals surface area (Å²) in [5, 5.41) is 8.67. The molecule has 2 unspecified atom stereocenters. The fraction of sp³-hybridized carbons (Fsp3) is 0.929. The lowest BCUT2D eigenvalue weighted by atomic mass is 10.1. The van der Waals surface area contributed by atoms with Gasteiger partial charge in [0.2, 0.25) is 0 Å². The van der Waals surface area contributed by atoms with E-state index in [1.54, 1.807) is 0 Å². The third kappa shape index (κ3) is 4.75. The third-order valence-electron chi connectivity index (χ3n) is 4.00. The summed E-state index contributed by atoms with van der Waals surface area (Å²) in [6, 6.07) is 0. The summed E-state index contributed by atoms with van der Waals surface area (Å²) in [6.45, 7) is 5.85. The second-order valence-corrected chi connectivity index (χ2v) is 5.77. The summed E-state index contributed by atoms with van der Waals surface area (Å²) in [5.41, 5.74) is 0. The molecule has 2 fully saturated rings. The molecule has 2 rings (SSSR count). The highest BCUT2D eigenvalue weighted by Gasteiger charge is 2.37. The summed E-state index contributed by atoms with van der Waals surface area (Å²) in [5.74, 6) is -1.30. The highest BCUT2D eigenvalue weighted by Crippen LogP contribution is 2.29. The van der Waals surface area contributed by atoms with Crippen molar-refractivity contribution >= 4 is 5.97 Å². The Labute approximate surface area is 114 Å². The van der Waals surface area contributed by atoms with E-state index in [4.69, 9.17) is 14.6 Å². The number of nitrogens with zero attached hydrogens (tertiary/aromatic N) is 1. The Balaban J connectivity index is 1.69. The van der Waals surface area contributed by atoms with Crippen LogP contribution in [0.25, 0.3) is 0 Å². The number of carboxylic acid groups (broad SMARTS) is 1. The Hall–Kier alpha value is -0.650. The van der Waals surface area contributed by atoms with Gasteiger partial charge in [-0.1, -0.05) is 6.42 Å². The first kappa shape index (κ1) is 14.8. The number of carbonyl (C=O) groups is 1. The number of ether oxygens (including phenoxy) is 2. The van der Waals surface area contributed by atoms with Crippen LogP contribution in [-0.4, -0.2) is 54.1 Å². The molecule has 2 atom stereocenters. The van der Waals surface area contributed by atoms with Crippen LogP contribution in [0.4, 0.5) is 0 Å². The van der Waals surface area contributed by atoms with Gasteiger partial charge in [-0.3, -0.25) is 4.79 Å². The zero-order chi connectivity index (χ0) is 13.7. The smallest absolute Gasteiger partial charge is 0.303 e. The molecule has 0 radical (unpaired) electrons. The average Bonchev–Trinajstić information content (AvgIpc) is 2.78. The summed E-state index contributed by atoms with van der Waals surface area (Å²) in [4.78, 5) is 13.0. The van der Waals surface area contributed by atoms with Crippen LogP contribution in [0.2, 0.25) is 0 Å². The lowest BCUT2D eigenvalue weighted by Gasteiger charge is -2.30. The fourth-order valence-corrected chi connectivity index (χ4v) is 2.79. The molecule has 0 saturated carbocycles. The molecule has 2 heterocycles. The van der Waals surface area contributed by atoms with Gasteiger partial charge in [-0.2, -0.15) is 0 Å². The van der Waals surface area contributed by atoms with Gasteiger partial charge < -0.3 is 19.5 Å². The van der Waals surface area contributed by atoms with Crippen molar-refractivity contribution in [2.45, 2.75) is 57.3 Å². The minimum atomic E-state index is -0.773. The Kier molecular flexibility index (Phi) is 5.19. The molecule has 0 amide bonds. The predicted octanol–water partition coefficient (Wildman–Crippen LogP) is 1.86. The molecule has 0 bridgehead atoms. The predicted molar refractivity (Wildman–Crippen MR) is 71.0 cm³/mol. The minimum Gasteiger partial charge on any atom is -0.481 e. The molecule has 2 saturated heterocycles. The second-order valence-electron chi connectivity index (χ2n) is 5.77. The Bertz CT molecular complexity index is 304. The molecule has 0 spiro atoms. The molecule has 110 valence electrons. The molecule has 5 nitrogen and oxygen atoms in total. The van der Waals surface area contributed by atoms with Gasteiger partial charge in [0, 0.05) is 19.4 Å². The SMILES string of the molecule is CC1(CCN2CCCCC2)OCC(CCC(=O)O)O1. The molecule has 0 aliphatic carbocycles. The van der Waals surface area contributed by atoms with Crippen molar-refractivity contribution in [3.63, 3.8) is 0 Å². The number of carboxylic acids is 1. The van der Waals surface area contributed by atoms with Gasteiger partial charge in [-0.15, -0.1) is 0 Å². The molecule has 2 aliphatic heterocycles. The topological polar surface area (TPSA) is 59.0 Å². The largest absolute Gasteiger partial charge is 0.481 e. The van der Waals surface area contributed by atoms with Crippen molar-refractivity contribution in [1.29, 1.82) is 0 Å². The van der Waals surface area contributed by atoms with E-state index in [0.717, 1.165) is 13.0 Å². The lowest BCUT2D eigenvalue weighted by molar-refractivity contribution is -0.162. The average molecular weight is 271 g/mol. The molecule has 2 aliphatic rings. The number of aliphatic carboxylic acids is 1. The lowest BCUT2D eigenvalue weighted by Crippen LogP contribution is -2.36. The van der Waals surface area contributed by atoms with Crippen LogP contribution in [0.3, 0.4) is 0 Å². The van der Waals surface area contributed by atoms with E-state index in [0.29, 0.717) is 13.0 Å². The van der Waals surface area contributed by atoms with Gasteiger partial charge in [-0.25, -0.2) is 0 Å². The Morgan fingerprint density at radius 2 is 2.11 bits per heavy atom. The van der Waals surface area contributed by atoms with Crippen LogP contribution < -0.4 is 0 Å². The minimum absolute atomic E-state index is 0.0672. The normalized spacial score (nSPS) is 32.6. The zero-order valence-electron chi connectivity index (χ0n) is 11.8. The number of hydrogen-bond acceptors (Lipinski definition) is 4. The molecule has 5 heteroatoms. The quantitative estimate of drug-likeness (QED) is 0.799. The van der Waals surface area contributed by atoms with Crippen LogP contribution in [0.1, 0.15) is 45.4 Å². The number of rotatable bonds is 6. The van der Waals surface area contributed by atoms with Crippen molar-refractivity contribution in [2.75, 3.05) is 26.2 Å². The first-order valence-corrected chi connectivity index (χ1v) is 7.33. The Morgan fingerprint density at radius 3 is 2.79 bits per heavy atom. The van der Waals surface area contributed by atoms with Gasteiger partial charge in [0.05, 0.1) is 12.7 Å². The molecule has 1 N–H and O–H groups in total. The molecule has 0 aromatic heterocycles. The maximum Gasteiger partial charge on any atom is 0.303 e. The number of hydrogen-bond donors (Lipinski definition) is 1. The van der Waals surface area contributed by atoms with Gasteiger partial charge in [0.25, 0.3) is 0 Å². The number of likely N-dealkylation sites (tertiary alicyclic amines) is 1. The second kappa shape index (κ2) is 6.68.